The molecule has 8 heterocycles. The predicted octanol–water partition coefficient (Wildman–Crippen LogP) is 15.0. The molecule has 0 radical (unpaired) electrons. The summed E-state index contributed by atoms with van der Waals surface area (Å²) in [7, 11) is 0. The standard InChI is InChI=1S/C15H20F3N.C14H18F4N2.2C13H18F3N3.C12H17F3N4/c1-11(2)19-8-6-12(7-9-19)13-4-3-5-14(10-13)15(16,17)18;1-10(2)19-3-5-20(6-4-19)13-8-11(14(16,17)18)7-12(15)9-13;2*1-10(2)18-5-7-19(8-6-18)12-9-11(3-4-17-12)13(14,15)16;1-9(2)18-3-5-19(6-4-18)11-7-10(8-16-17-11)12(13,14)15/h3-5,10-12H,6-9H2,1-2H3;7-10H,3-6H2,1-2H3;2*3-4,9-10H,5-8H2,1-2H3;7-9H,3-6H2,1-2H3. The van der Waals surface area contributed by atoms with E-state index in [2.05, 4.69) is 114 Å². The zero-order chi connectivity index (χ0) is 71.1. The molecule has 96 heavy (non-hydrogen) atoms. The van der Waals surface area contributed by atoms with E-state index in [0.29, 0.717) is 112 Å². The fourth-order valence-corrected chi connectivity index (χ4v) is 11.7. The van der Waals surface area contributed by atoms with E-state index in [1.807, 2.05) is 20.8 Å². The van der Waals surface area contributed by atoms with E-state index in [1.54, 1.807) is 4.90 Å². The number of likely N-dealkylation sites (tertiary alicyclic amines) is 1. The zero-order valence-electron chi connectivity index (χ0n) is 56.1. The molecule has 0 amide bonds. The molecule has 5 fully saturated rings. The third kappa shape index (κ3) is 24.0. The Hall–Kier alpha value is -6.30. The molecule has 5 aromatic rings. The fraction of sp³-hybridized carbons (Fsp3) is 0.612. The monoisotopic (exact) mass is 1380 g/mol. The van der Waals surface area contributed by atoms with Crippen LogP contribution in [0.5, 0.6) is 0 Å². The summed E-state index contributed by atoms with van der Waals surface area (Å²) in [5.74, 6) is 0.549. The molecule has 29 heteroatoms. The van der Waals surface area contributed by atoms with Crippen LogP contribution in [-0.2, 0) is 30.9 Å². The molecule has 536 valence electrons. The van der Waals surface area contributed by atoms with Crippen molar-refractivity contribution >= 4 is 23.1 Å². The van der Waals surface area contributed by atoms with Gasteiger partial charge in [-0.3, -0.25) is 19.6 Å². The van der Waals surface area contributed by atoms with Crippen LogP contribution in [0.4, 0.5) is 93.4 Å². The van der Waals surface area contributed by atoms with Gasteiger partial charge in [0, 0.05) is 153 Å². The number of aromatic nitrogens is 4. The van der Waals surface area contributed by atoms with E-state index in [9.17, 15) is 70.2 Å². The smallest absolute Gasteiger partial charge is 0.369 e. The molecule has 0 atom stereocenters. The predicted molar refractivity (Wildman–Crippen MR) is 343 cm³/mol. The maximum atomic E-state index is 13.4. The normalized spacial score (nSPS) is 18.2. The van der Waals surface area contributed by atoms with Crippen molar-refractivity contribution in [3.05, 3.63) is 131 Å². The van der Waals surface area contributed by atoms with Crippen molar-refractivity contribution in [1.82, 2.24) is 44.7 Å². The number of alkyl halides is 15. The second kappa shape index (κ2) is 34.5. The summed E-state index contributed by atoms with van der Waals surface area (Å²) in [5.41, 5.74) is -2.34. The van der Waals surface area contributed by atoms with Crippen molar-refractivity contribution in [2.75, 3.05) is 137 Å². The highest BCUT2D eigenvalue weighted by molar-refractivity contribution is 5.50. The lowest BCUT2D eigenvalue weighted by Crippen LogP contribution is -2.49. The minimum absolute atomic E-state index is 0.261. The fourth-order valence-electron chi connectivity index (χ4n) is 11.7. The van der Waals surface area contributed by atoms with Gasteiger partial charge in [-0.25, -0.2) is 14.4 Å². The lowest BCUT2D eigenvalue weighted by Gasteiger charge is -2.38. The van der Waals surface area contributed by atoms with Gasteiger partial charge in [-0.05, 0) is 161 Å². The molecule has 0 aliphatic carbocycles. The number of nitrogens with zero attached hydrogens (tertiary/aromatic N) is 13. The van der Waals surface area contributed by atoms with Gasteiger partial charge in [-0.2, -0.15) is 71.0 Å². The Balaban J connectivity index is 0.000000190. The van der Waals surface area contributed by atoms with Crippen LogP contribution in [0, 0.1) is 5.82 Å². The molecule has 0 N–H and O–H groups in total. The summed E-state index contributed by atoms with van der Waals surface area (Å²) in [5, 5.41) is 7.26. The number of anilines is 4. The maximum absolute atomic E-state index is 13.4. The first-order valence-corrected chi connectivity index (χ1v) is 32.5. The number of halogens is 16. The van der Waals surface area contributed by atoms with E-state index < -0.39 is 64.5 Å². The summed E-state index contributed by atoms with van der Waals surface area (Å²) in [6, 6.07) is 16.2. The van der Waals surface area contributed by atoms with Gasteiger partial charge in [0.15, 0.2) is 5.82 Å². The second-order valence-electron chi connectivity index (χ2n) is 25.8. The first-order chi connectivity index (χ1) is 44.8. The summed E-state index contributed by atoms with van der Waals surface area (Å²) >= 11 is 0. The van der Waals surface area contributed by atoms with Gasteiger partial charge in [0.2, 0.25) is 0 Å². The van der Waals surface area contributed by atoms with Gasteiger partial charge in [0.05, 0.1) is 34.0 Å². The van der Waals surface area contributed by atoms with Gasteiger partial charge in [0.1, 0.15) is 17.5 Å². The van der Waals surface area contributed by atoms with Crippen molar-refractivity contribution in [3.63, 3.8) is 0 Å². The molecular formula is C67H91F16N13. The second-order valence-corrected chi connectivity index (χ2v) is 25.8. The molecule has 5 aliphatic rings. The number of piperazine rings is 4. The number of piperidine rings is 1. The minimum atomic E-state index is -4.52. The molecule has 0 saturated carbocycles. The first-order valence-electron chi connectivity index (χ1n) is 32.5. The molecule has 0 bridgehead atoms. The van der Waals surface area contributed by atoms with Crippen molar-refractivity contribution < 1.29 is 70.2 Å². The third-order valence-electron chi connectivity index (χ3n) is 17.8. The van der Waals surface area contributed by atoms with Crippen LogP contribution in [0.1, 0.15) is 121 Å². The SMILES string of the molecule is CC(C)N1CCC(c2cccc(C(F)(F)F)c2)CC1.CC(C)N1CCN(c2cc(C(F)(F)F)ccn2)CC1.CC(C)N1CCN(c2cc(C(F)(F)F)ccn2)CC1.CC(C)N1CCN(c2cc(C(F)(F)F)cnn2)CC1.CC(C)N1CCN(c2cc(F)cc(C(F)(F)F)c2)CC1. The molecule has 13 nitrogen and oxygen atoms in total. The van der Waals surface area contributed by atoms with E-state index in [-0.39, 0.29) is 5.92 Å². The Morgan fingerprint density at radius 3 is 1.04 bits per heavy atom. The quantitative estimate of drug-likeness (QED) is 0.125. The van der Waals surface area contributed by atoms with E-state index in [4.69, 9.17) is 0 Å². The summed E-state index contributed by atoms with van der Waals surface area (Å²) in [4.78, 5) is 27.1. The lowest BCUT2D eigenvalue weighted by atomic mass is 9.88. The molecule has 0 unspecified atom stereocenters. The minimum Gasteiger partial charge on any atom is -0.369 e. The number of benzene rings is 2. The Bertz CT molecular complexity index is 2790. The number of rotatable bonds is 10. The highest BCUT2D eigenvalue weighted by atomic mass is 19.4. The highest BCUT2D eigenvalue weighted by Gasteiger charge is 2.37. The molecular weight excluding hydrogens is 1290 g/mol. The molecule has 2 aromatic carbocycles. The van der Waals surface area contributed by atoms with E-state index in [0.717, 1.165) is 133 Å². The van der Waals surface area contributed by atoms with Crippen LogP contribution >= 0.6 is 0 Å². The molecule has 10 rings (SSSR count). The van der Waals surface area contributed by atoms with Crippen molar-refractivity contribution in [3.8, 4) is 0 Å². The molecule has 5 aliphatic heterocycles. The van der Waals surface area contributed by atoms with Gasteiger partial charge < -0.3 is 24.5 Å². The maximum Gasteiger partial charge on any atom is 0.418 e. The average Bonchev–Trinajstić information content (AvgIpc) is 0.869. The van der Waals surface area contributed by atoms with Gasteiger partial charge in [-0.15, -0.1) is 5.10 Å². The van der Waals surface area contributed by atoms with Crippen LogP contribution in [0.3, 0.4) is 0 Å². The van der Waals surface area contributed by atoms with Crippen LogP contribution in [0.15, 0.2) is 91.4 Å². The summed E-state index contributed by atoms with van der Waals surface area (Å²) in [6.45, 7) is 35.2. The number of hydrogen-bond acceptors (Lipinski definition) is 13. The van der Waals surface area contributed by atoms with Crippen LogP contribution in [-0.4, -0.2) is 193 Å². The van der Waals surface area contributed by atoms with Crippen molar-refractivity contribution in [2.45, 2.75) is 149 Å². The first kappa shape index (κ1) is 78.7. The number of pyridine rings is 2. The average molecular weight is 1380 g/mol. The number of hydrogen-bond donors (Lipinski definition) is 0. The molecule has 5 saturated heterocycles. The third-order valence-corrected chi connectivity index (χ3v) is 17.8. The molecule has 0 spiro atoms. The largest absolute Gasteiger partial charge is 0.418 e. The van der Waals surface area contributed by atoms with Crippen LogP contribution in [0.25, 0.3) is 0 Å². The van der Waals surface area contributed by atoms with Crippen LogP contribution < -0.4 is 19.6 Å². The summed E-state index contributed by atoms with van der Waals surface area (Å²) < 4.78 is 203. The van der Waals surface area contributed by atoms with Crippen LogP contribution in [0.2, 0.25) is 0 Å². The van der Waals surface area contributed by atoms with Gasteiger partial charge in [0.25, 0.3) is 0 Å². The Morgan fingerprint density at radius 2 is 0.677 bits per heavy atom. The van der Waals surface area contributed by atoms with Crippen molar-refractivity contribution in [1.29, 1.82) is 0 Å². The van der Waals surface area contributed by atoms with E-state index >= 15 is 0 Å². The van der Waals surface area contributed by atoms with Gasteiger partial charge in [-0.1, -0.05) is 18.2 Å². The van der Waals surface area contributed by atoms with E-state index in [1.165, 1.54) is 30.6 Å². The Morgan fingerprint density at radius 1 is 0.344 bits per heavy atom. The van der Waals surface area contributed by atoms with Gasteiger partial charge >= 0.3 is 30.9 Å². The lowest BCUT2D eigenvalue weighted by molar-refractivity contribution is -0.138. The Kier molecular flexibility index (Phi) is 28.2. The molecule has 3 aromatic heterocycles. The zero-order valence-corrected chi connectivity index (χ0v) is 56.1. The topological polar surface area (TPSA) is 80.7 Å². The highest BCUT2D eigenvalue weighted by Crippen LogP contribution is 2.37. The Labute approximate surface area is 553 Å². The summed E-state index contributed by atoms with van der Waals surface area (Å²) in [6.07, 6.45) is -16.6. The van der Waals surface area contributed by atoms with Crippen molar-refractivity contribution in [2.24, 2.45) is 0 Å².